The molecule has 19 heavy (non-hydrogen) atoms. The van der Waals surface area contributed by atoms with E-state index in [0.29, 0.717) is 6.04 Å². The fourth-order valence-corrected chi connectivity index (χ4v) is 2.72. The first-order chi connectivity index (χ1) is 8.31. The Morgan fingerprint density at radius 2 is 2.00 bits per heavy atom. The molecule has 0 saturated carbocycles. The van der Waals surface area contributed by atoms with Crippen molar-refractivity contribution in [1.29, 1.82) is 0 Å². The van der Waals surface area contributed by atoms with Crippen molar-refractivity contribution in [3.8, 4) is 0 Å². The molecule has 0 bridgehead atoms. The lowest BCUT2D eigenvalue weighted by Crippen LogP contribution is -2.45. The molecule has 2 heterocycles. The number of hydrogen-bond donors (Lipinski definition) is 1. The molecular weight excluding hydrogens is 351 g/mol. The summed E-state index contributed by atoms with van der Waals surface area (Å²) in [6.07, 6.45) is 3.69. The van der Waals surface area contributed by atoms with Crippen LogP contribution in [-0.4, -0.2) is 31.1 Å². The third-order valence-electron chi connectivity index (χ3n) is 3.35. The van der Waals surface area contributed by atoms with Gasteiger partial charge in [-0.1, -0.05) is 19.8 Å². The Bertz CT molecular complexity index is 343. The quantitative estimate of drug-likeness (QED) is 0.844. The number of nitrogens with one attached hydrogen (secondary N) is 1. The number of piperazine rings is 1. The lowest BCUT2D eigenvalue weighted by Gasteiger charge is -2.33. The number of nitrogens with zero attached hydrogens (tertiary/aromatic N) is 1. The molecule has 6 heteroatoms. The van der Waals surface area contributed by atoms with E-state index in [1.165, 1.54) is 19.3 Å². The zero-order chi connectivity index (χ0) is 12.1. The van der Waals surface area contributed by atoms with Crippen LogP contribution in [0.1, 0.15) is 38.0 Å². The minimum atomic E-state index is 0. The zero-order valence-corrected chi connectivity index (χ0v) is 14.5. The van der Waals surface area contributed by atoms with E-state index in [2.05, 4.69) is 39.1 Å². The Labute approximate surface area is 136 Å². The van der Waals surface area contributed by atoms with Gasteiger partial charge in [0.2, 0.25) is 0 Å². The first-order valence-corrected chi connectivity index (χ1v) is 7.30. The molecule has 0 radical (unpaired) electrons. The van der Waals surface area contributed by atoms with Crippen LogP contribution in [-0.2, 0) is 0 Å². The molecule has 1 N–H and O–H groups in total. The standard InChI is InChI=1S/C13H21BrN2O.2ClH/c1-2-3-4-11(12-5-6-13(14)17-12)16-9-7-15-8-10-16;;/h5-6,11,15H,2-4,7-10H2,1H3;2*1H/t11-;;/m1../s1. The van der Waals surface area contributed by atoms with Crippen LogP contribution < -0.4 is 5.32 Å². The van der Waals surface area contributed by atoms with Gasteiger partial charge in [0.1, 0.15) is 5.76 Å². The van der Waals surface area contributed by atoms with Crippen molar-refractivity contribution in [1.82, 2.24) is 10.2 Å². The summed E-state index contributed by atoms with van der Waals surface area (Å²) in [6, 6.07) is 4.55. The summed E-state index contributed by atoms with van der Waals surface area (Å²) in [4.78, 5) is 2.54. The predicted octanol–water partition coefficient (Wildman–Crippen LogP) is 4.02. The lowest BCUT2D eigenvalue weighted by molar-refractivity contribution is 0.143. The van der Waals surface area contributed by atoms with E-state index in [0.717, 1.165) is 36.6 Å². The monoisotopic (exact) mass is 372 g/mol. The maximum absolute atomic E-state index is 5.75. The normalized spacial score (nSPS) is 17.4. The maximum Gasteiger partial charge on any atom is 0.169 e. The molecule has 1 atom stereocenters. The van der Waals surface area contributed by atoms with Gasteiger partial charge >= 0.3 is 0 Å². The minimum absolute atomic E-state index is 0. The Balaban J connectivity index is 0.00000162. The number of hydrogen-bond acceptors (Lipinski definition) is 3. The van der Waals surface area contributed by atoms with Crippen LogP contribution in [0.25, 0.3) is 0 Å². The van der Waals surface area contributed by atoms with Crippen molar-refractivity contribution in [2.45, 2.75) is 32.2 Å². The molecule has 1 aliphatic rings. The average Bonchev–Trinajstić information content (AvgIpc) is 2.78. The van der Waals surface area contributed by atoms with Crippen LogP contribution in [0.4, 0.5) is 0 Å². The molecule has 112 valence electrons. The summed E-state index contributed by atoms with van der Waals surface area (Å²) < 4.78 is 6.59. The highest BCUT2D eigenvalue weighted by Crippen LogP contribution is 2.29. The van der Waals surface area contributed by atoms with Gasteiger partial charge in [0.25, 0.3) is 0 Å². The second kappa shape index (κ2) is 10.1. The van der Waals surface area contributed by atoms with Crippen molar-refractivity contribution < 1.29 is 4.42 Å². The predicted molar refractivity (Wildman–Crippen MR) is 87.6 cm³/mol. The summed E-state index contributed by atoms with van der Waals surface area (Å²) in [7, 11) is 0. The fraction of sp³-hybridized carbons (Fsp3) is 0.692. The smallest absolute Gasteiger partial charge is 0.169 e. The summed E-state index contributed by atoms with van der Waals surface area (Å²) >= 11 is 3.40. The van der Waals surface area contributed by atoms with E-state index in [9.17, 15) is 0 Å². The Kier molecular flexibility index (Phi) is 10.2. The number of unbranched alkanes of at least 4 members (excludes halogenated alkanes) is 1. The second-order valence-corrected chi connectivity index (χ2v) is 5.37. The van der Waals surface area contributed by atoms with Gasteiger partial charge < -0.3 is 9.73 Å². The van der Waals surface area contributed by atoms with Crippen LogP contribution >= 0.6 is 40.7 Å². The van der Waals surface area contributed by atoms with Gasteiger partial charge in [0, 0.05) is 26.2 Å². The van der Waals surface area contributed by atoms with E-state index >= 15 is 0 Å². The van der Waals surface area contributed by atoms with Gasteiger partial charge in [-0.3, -0.25) is 4.90 Å². The molecule has 0 spiro atoms. The Hall–Kier alpha value is 0.260. The largest absolute Gasteiger partial charge is 0.453 e. The molecule has 1 saturated heterocycles. The molecule has 0 amide bonds. The minimum Gasteiger partial charge on any atom is -0.453 e. The van der Waals surface area contributed by atoms with Crippen molar-refractivity contribution in [3.63, 3.8) is 0 Å². The van der Waals surface area contributed by atoms with E-state index in [1.807, 2.05) is 6.07 Å². The third kappa shape index (κ3) is 5.64. The fourth-order valence-electron chi connectivity index (χ4n) is 2.40. The van der Waals surface area contributed by atoms with Gasteiger partial charge in [0.15, 0.2) is 4.67 Å². The topological polar surface area (TPSA) is 28.4 Å². The molecule has 0 unspecified atom stereocenters. The van der Waals surface area contributed by atoms with Crippen molar-refractivity contribution in [2.75, 3.05) is 26.2 Å². The highest BCUT2D eigenvalue weighted by atomic mass is 79.9. The molecule has 3 nitrogen and oxygen atoms in total. The number of rotatable bonds is 5. The highest BCUT2D eigenvalue weighted by Gasteiger charge is 2.24. The Morgan fingerprint density at radius 1 is 1.32 bits per heavy atom. The molecule has 1 fully saturated rings. The first kappa shape index (κ1) is 19.3. The number of halogens is 3. The average molecular weight is 374 g/mol. The molecule has 0 aromatic carbocycles. The van der Waals surface area contributed by atoms with Crippen molar-refractivity contribution in [3.05, 3.63) is 22.6 Å². The van der Waals surface area contributed by atoms with E-state index in [-0.39, 0.29) is 24.8 Å². The van der Waals surface area contributed by atoms with Gasteiger partial charge in [-0.05, 0) is 34.5 Å². The van der Waals surface area contributed by atoms with Crippen molar-refractivity contribution >= 4 is 40.7 Å². The Morgan fingerprint density at radius 3 is 2.53 bits per heavy atom. The molecule has 2 rings (SSSR count). The van der Waals surface area contributed by atoms with Gasteiger partial charge in [0.05, 0.1) is 6.04 Å². The van der Waals surface area contributed by atoms with E-state index in [4.69, 9.17) is 4.42 Å². The van der Waals surface area contributed by atoms with Crippen LogP contribution in [0.5, 0.6) is 0 Å². The SMILES string of the molecule is CCCC[C@H](c1ccc(Br)o1)N1CCNCC1.Cl.Cl. The van der Waals surface area contributed by atoms with Crippen LogP contribution in [0.3, 0.4) is 0 Å². The maximum atomic E-state index is 5.75. The van der Waals surface area contributed by atoms with Crippen LogP contribution in [0, 0.1) is 0 Å². The summed E-state index contributed by atoms with van der Waals surface area (Å²) in [6.45, 7) is 6.65. The summed E-state index contributed by atoms with van der Waals surface area (Å²) in [5.74, 6) is 1.10. The van der Waals surface area contributed by atoms with Gasteiger partial charge in [-0.2, -0.15) is 0 Å². The summed E-state index contributed by atoms with van der Waals surface area (Å²) in [5.41, 5.74) is 0. The van der Waals surface area contributed by atoms with E-state index in [1.54, 1.807) is 0 Å². The van der Waals surface area contributed by atoms with E-state index < -0.39 is 0 Å². The molecule has 1 aromatic rings. The lowest BCUT2D eigenvalue weighted by atomic mass is 10.0. The van der Waals surface area contributed by atoms with Crippen LogP contribution in [0.2, 0.25) is 0 Å². The number of furan rings is 1. The van der Waals surface area contributed by atoms with Gasteiger partial charge in [-0.15, -0.1) is 24.8 Å². The third-order valence-corrected chi connectivity index (χ3v) is 3.77. The summed E-state index contributed by atoms with van der Waals surface area (Å²) in [5, 5.41) is 3.40. The zero-order valence-electron chi connectivity index (χ0n) is 11.2. The highest BCUT2D eigenvalue weighted by molar-refractivity contribution is 9.10. The molecule has 1 aromatic heterocycles. The first-order valence-electron chi connectivity index (χ1n) is 6.51. The molecule has 1 aliphatic heterocycles. The van der Waals surface area contributed by atoms with Gasteiger partial charge in [-0.25, -0.2) is 0 Å². The molecular formula is C13H23BrCl2N2O. The van der Waals surface area contributed by atoms with Crippen LogP contribution in [0.15, 0.2) is 21.2 Å². The van der Waals surface area contributed by atoms with Crippen molar-refractivity contribution in [2.24, 2.45) is 0 Å². The molecule has 0 aliphatic carbocycles. The second-order valence-electron chi connectivity index (χ2n) is 4.59.